The van der Waals surface area contributed by atoms with Gasteiger partial charge in [-0.3, -0.25) is 4.99 Å². The van der Waals surface area contributed by atoms with Crippen LogP contribution in [0, 0.1) is 12.8 Å². The van der Waals surface area contributed by atoms with Crippen LogP contribution < -0.4 is 5.32 Å². The summed E-state index contributed by atoms with van der Waals surface area (Å²) in [4.78, 5) is 11.1. The van der Waals surface area contributed by atoms with Crippen LogP contribution in [0.1, 0.15) is 24.0 Å². The average Bonchev–Trinajstić information content (AvgIpc) is 3.00. The molecule has 132 valence electrons. The average molecular weight is 472 g/mol. The second kappa shape index (κ2) is 9.16. The molecule has 0 aliphatic carbocycles. The third-order valence-electron chi connectivity index (χ3n) is 3.59. The van der Waals surface area contributed by atoms with Gasteiger partial charge in [-0.1, -0.05) is 0 Å². The number of aromatic nitrogens is 1. The molecule has 1 fully saturated rings. The molecular formula is C14H25IN4O2S2. The lowest BCUT2D eigenvalue weighted by molar-refractivity contribution is 0.467. The summed E-state index contributed by atoms with van der Waals surface area (Å²) in [5.41, 5.74) is 1.03. The van der Waals surface area contributed by atoms with Gasteiger partial charge in [-0.25, -0.2) is 13.4 Å². The van der Waals surface area contributed by atoms with Crippen molar-refractivity contribution in [3.05, 3.63) is 16.1 Å². The van der Waals surface area contributed by atoms with Gasteiger partial charge in [0.05, 0.1) is 28.8 Å². The molecule has 1 saturated heterocycles. The first-order valence-corrected chi connectivity index (χ1v) is 10.2. The molecule has 0 saturated carbocycles. The summed E-state index contributed by atoms with van der Waals surface area (Å²) >= 11 is 1.64. The van der Waals surface area contributed by atoms with Crippen LogP contribution in [0.25, 0.3) is 0 Å². The number of guanidine groups is 1. The lowest BCUT2D eigenvalue weighted by atomic mass is 10.1. The van der Waals surface area contributed by atoms with E-state index in [1.54, 1.807) is 11.3 Å². The van der Waals surface area contributed by atoms with E-state index >= 15 is 0 Å². The number of nitrogens with zero attached hydrogens (tertiary/aromatic N) is 3. The van der Waals surface area contributed by atoms with E-state index in [2.05, 4.69) is 20.7 Å². The van der Waals surface area contributed by atoms with Crippen LogP contribution >= 0.6 is 35.3 Å². The first kappa shape index (κ1) is 20.6. The van der Waals surface area contributed by atoms with E-state index in [9.17, 15) is 8.42 Å². The minimum absolute atomic E-state index is 0. The van der Waals surface area contributed by atoms with Crippen molar-refractivity contribution in [1.82, 2.24) is 15.2 Å². The summed E-state index contributed by atoms with van der Waals surface area (Å²) in [5, 5.41) is 6.37. The summed E-state index contributed by atoms with van der Waals surface area (Å²) in [7, 11) is -0.860. The molecule has 2 heterocycles. The van der Waals surface area contributed by atoms with Gasteiger partial charge >= 0.3 is 0 Å². The quantitative estimate of drug-likeness (QED) is 0.403. The standard InChI is InChI=1S/C14H24N4O2S2.HI/c1-4-15-14(16-7-12-5-6-22(19,20)10-12)18(3)8-13-9-21-11(2)17-13;/h9,12H,4-8,10H2,1-3H3,(H,15,16);1H. The molecule has 0 amide bonds. The fraction of sp³-hybridized carbons (Fsp3) is 0.714. The molecule has 1 unspecified atom stereocenters. The van der Waals surface area contributed by atoms with Crippen molar-refractivity contribution in [3.8, 4) is 0 Å². The topological polar surface area (TPSA) is 74.7 Å². The maximum absolute atomic E-state index is 11.5. The highest BCUT2D eigenvalue weighted by atomic mass is 127. The highest BCUT2D eigenvalue weighted by Gasteiger charge is 2.27. The zero-order valence-corrected chi connectivity index (χ0v) is 17.7. The molecule has 1 aliphatic heterocycles. The molecule has 23 heavy (non-hydrogen) atoms. The number of aliphatic imine (C=N–C) groups is 1. The van der Waals surface area contributed by atoms with E-state index < -0.39 is 9.84 Å². The first-order valence-electron chi connectivity index (χ1n) is 7.50. The fourth-order valence-electron chi connectivity index (χ4n) is 2.50. The van der Waals surface area contributed by atoms with Gasteiger partial charge in [-0.15, -0.1) is 35.3 Å². The lowest BCUT2D eigenvalue weighted by Gasteiger charge is -2.21. The van der Waals surface area contributed by atoms with Gasteiger partial charge in [0, 0.05) is 25.5 Å². The Labute approximate surface area is 159 Å². The third-order valence-corrected chi connectivity index (χ3v) is 6.25. The van der Waals surface area contributed by atoms with Crippen molar-refractivity contribution in [2.24, 2.45) is 10.9 Å². The number of sulfone groups is 1. The number of hydrogen-bond donors (Lipinski definition) is 1. The number of halogens is 1. The Balaban J connectivity index is 0.00000264. The summed E-state index contributed by atoms with van der Waals surface area (Å²) in [6.45, 7) is 6.05. The van der Waals surface area contributed by atoms with Crippen LogP contribution in [0.2, 0.25) is 0 Å². The molecule has 1 atom stereocenters. The molecule has 1 N–H and O–H groups in total. The molecular weight excluding hydrogens is 447 g/mol. The van der Waals surface area contributed by atoms with Crippen molar-refractivity contribution in [2.45, 2.75) is 26.8 Å². The van der Waals surface area contributed by atoms with E-state index in [1.165, 1.54) is 0 Å². The first-order chi connectivity index (χ1) is 10.4. The molecule has 1 aliphatic rings. The predicted octanol–water partition coefficient (Wildman–Crippen LogP) is 1.90. The number of aryl methyl sites for hydroxylation is 1. The zero-order valence-electron chi connectivity index (χ0n) is 13.8. The molecule has 1 aromatic rings. The molecule has 1 aromatic heterocycles. The third kappa shape index (κ3) is 6.54. The van der Waals surface area contributed by atoms with Crippen molar-refractivity contribution < 1.29 is 8.42 Å². The van der Waals surface area contributed by atoms with Gasteiger partial charge < -0.3 is 10.2 Å². The maximum Gasteiger partial charge on any atom is 0.194 e. The summed E-state index contributed by atoms with van der Waals surface area (Å²) in [6.07, 6.45) is 0.722. The minimum Gasteiger partial charge on any atom is -0.357 e. The Morgan fingerprint density at radius 1 is 1.57 bits per heavy atom. The van der Waals surface area contributed by atoms with E-state index in [0.29, 0.717) is 18.8 Å². The summed E-state index contributed by atoms with van der Waals surface area (Å²) < 4.78 is 23.0. The van der Waals surface area contributed by atoms with Crippen LogP contribution in [-0.4, -0.2) is 55.9 Å². The van der Waals surface area contributed by atoms with Gasteiger partial charge in [0.1, 0.15) is 0 Å². The number of hydrogen-bond acceptors (Lipinski definition) is 5. The Morgan fingerprint density at radius 3 is 2.83 bits per heavy atom. The van der Waals surface area contributed by atoms with Gasteiger partial charge in [0.25, 0.3) is 0 Å². The number of rotatable bonds is 5. The Kier molecular flexibility index (Phi) is 8.22. The number of thiazole rings is 1. The van der Waals surface area contributed by atoms with Crippen LogP contribution in [0.15, 0.2) is 10.4 Å². The van der Waals surface area contributed by atoms with Crippen molar-refractivity contribution in [3.63, 3.8) is 0 Å². The smallest absolute Gasteiger partial charge is 0.194 e. The Morgan fingerprint density at radius 2 is 2.30 bits per heavy atom. The van der Waals surface area contributed by atoms with Gasteiger partial charge in [0.2, 0.25) is 0 Å². The predicted molar refractivity (Wildman–Crippen MR) is 106 cm³/mol. The molecule has 6 nitrogen and oxygen atoms in total. The van der Waals surface area contributed by atoms with E-state index in [1.807, 2.05) is 25.8 Å². The van der Waals surface area contributed by atoms with E-state index in [0.717, 1.165) is 29.6 Å². The highest BCUT2D eigenvalue weighted by Crippen LogP contribution is 2.18. The van der Waals surface area contributed by atoms with Crippen LogP contribution in [0.5, 0.6) is 0 Å². The van der Waals surface area contributed by atoms with Crippen molar-refractivity contribution >= 4 is 51.1 Å². The molecule has 0 spiro atoms. The normalized spacial score (nSPS) is 20.1. The largest absolute Gasteiger partial charge is 0.357 e. The van der Waals surface area contributed by atoms with Gasteiger partial charge in [-0.05, 0) is 26.2 Å². The Bertz CT molecular complexity index is 630. The zero-order chi connectivity index (χ0) is 16.2. The maximum atomic E-state index is 11.5. The van der Waals surface area contributed by atoms with Crippen LogP contribution in [0.4, 0.5) is 0 Å². The van der Waals surface area contributed by atoms with E-state index in [4.69, 9.17) is 0 Å². The number of nitrogens with one attached hydrogen (secondary N) is 1. The molecule has 2 rings (SSSR count). The summed E-state index contributed by atoms with van der Waals surface area (Å²) in [5.74, 6) is 1.52. The lowest BCUT2D eigenvalue weighted by Crippen LogP contribution is -2.39. The molecule has 9 heteroatoms. The second-order valence-electron chi connectivity index (χ2n) is 5.68. The summed E-state index contributed by atoms with van der Waals surface area (Å²) in [6, 6.07) is 0. The second-order valence-corrected chi connectivity index (χ2v) is 8.97. The fourth-order valence-corrected chi connectivity index (χ4v) is 4.95. The van der Waals surface area contributed by atoms with Crippen LogP contribution in [-0.2, 0) is 16.4 Å². The molecule has 0 radical (unpaired) electrons. The van der Waals surface area contributed by atoms with Gasteiger partial charge in [-0.2, -0.15) is 0 Å². The van der Waals surface area contributed by atoms with Crippen LogP contribution in [0.3, 0.4) is 0 Å². The molecule has 0 bridgehead atoms. The van der Waals surface area contributed by atoms with E-state index in [-0.39, 0.29) is 35.6 Å². The van der Waals surface area contributed by atoms with Gasteiger partial charge in [0.15, 0.2) is 15.8 Å². The highest BCUT2D eigenvalue weighted by molar-refractivity contribution is 14.0. The SMILES string of the molecule is CCNC(=NCC1CCS(=O)(=O)C1)N(C)Cc1csc(C)n1.I. The monoisotopic (exact) mass is 472 g/mol. The Hall–Kier alpha value is -0.420. The molecule has 0 aromatic carbocycles. The van der Waals surface area contributed by atoms with Crippen molar-refractivity contribution in [2.75, 3.05) is 31.6 Å². The minimum atomic E-state index is -2.83. The van der Waals surface area contributed by atoms with Crippen molar-refractivity contribution in [1.29, 1.82) is 0 Å².